The maximum Gasteiger partial charge on any atom is 0.335 e. The van der Waals surface area contributed by atoms with Crippen LogP contribution in [0.25, 0.3) is 0 Å². The number of carbonyl (C=O) groups is 1. The van der Waals surface area contributed by atoms with Crippen molar-refractivity contribution in [3.8, 4) is 0 Å². The van der Waals surface area contributed by atoms with E-state index in [4.69, 9.17) is 10.8 Å². The number of rotatable bonds is 2. The van der Waals surface area contributed by atoms with E-state index in [0.29, 0.717) is 24.0 Å². The Morgan fingerprint density at radius 2 is 1.94 bits per heavy atom. The zero-order chi connectivity index (χ0) is 13.3. The lowest BCUT2D eigenvalue weighted by molar-refractivity contribution is 0.0695. The summed E-state index contributed by atoms with van der Waals surface area (Å²) >= 11 is 0. The normalized spacial score (nSPS) is 18.6. The van der Waals surface area contributed by atoms with Gasteiger partial charge in [0.15, 0.2) is 0 Å². The molecule has 0 amide bonds. The number of halogens is 1. The largest absolute Gasteiger partial charge is 0.478 e. The fraction of sp³-hybridized carbons (Fsp3) is 0.500. The summed E-state index contributed by atoms with van der Waals surface area (Å²) in [7, 11) is 0. The van der Waals surface area contributed by atoms with Gasteiger partial charge in [0, 0.05) is 11.1 Å². The van der Waals surface area contributed by atoms with Gasteiger partial charge < -0.3 is 10.8 Å². The van der Waals surface area contributed by atoms with E-state index in [0.717, 1.165) is 19.3 Å². The van der Waals surface area contributed by atoms with Crippen LogP contribution >= 0.6 is 0 Å². The van der Waals surface area contributed by atoms with E-state index in [-0.39, 0.29) is 11.4 Å². The van der Waals surface area contributed by atoms with Gasteiger partial charge in [-0.3, -0.25) is 0 Å². The van der Waals surface area contributed by atoms with Crippen molar-refractivity contribution >= 4 is 5.97 Å². The maximum absolute atomic E-state index is 14.1. The van der Waals surface area contributed by atoms with Gasteiger partial charge in [0.1, 0.15) is 5.82 Å². The van der Waals surface area contributed by atoms with Crippen molar-refractivity contribution in [3.05, 3.63) is 34.6 Å². The molecule has 0 spiro atoms. The lowest BCUT2D eigenvalue weighted by Gasteiger charge is -2.34. The third-order valence-electron chi connectivity index (χ3n) is 3.83. The SMILES string of the molecule is Cc1cc(F)c(C2(N)CCCCC2)cc1C(=O)O. The maximum atomic E-state index is 14.1. The Balaban J connectivity index is 2.49. The number of nitrogens with two attached hydrogens (primary N) is 1. The molecule has 0 radical (unpaired) electrons. The van der Waals surface area contributed by atoms with Gasteiger partial charge in [-0.05, 0) is 37.5 Å². The molecular formula is C14H18FNO2. The molecule has 2 rings (SSSR count). The van der Waals surface area contributed by atoms with Crippen molar-refractivity contribution in [1.29, 1.82) is 0 Å². The number of benzene rings is 1. The zero-order valence-corrected chi connectivity index (χ0v) is 10.5. The molecule has 3 nitrogen and oxygen atoms in total. The molecule has 3 N–H and O–H groups in total. The minimum atomic E-state index is -1.03. The molecule has 0 heterocycles. The summed E-state index contributed by atoms with van der Waals surface area (Å²) in [5.74, 6) is -1.42. The monoisotopic (exact) mass is 251 g/mol. The Morgan fingerprint density at radius 3 is 2.50 bits per heavy atom. The van der Waals surface area contributed by atoms with Crippen molar-refractivity contribution in [1.82, 2.24) is 0 Å². The van der Waals surface area contributed by atoms with Gasteiger partial charge in [-0.25, -0.2) is 9.18 Å². The third kappa shape index (κ3) is 2.25. The first-order valence-corrected chi connectivity index (χ1v) is 6.27. The quantitative estimate of drug-likeness (QED) is 0.849. The second kappa shape index (κ2) is 4.69. The van der Waals surface area contributed by atoms with Crippen molar-refractivity contribution in [2.24, 2.45) is 5.73 Å². The molecule has 0 aliphatic heterocycles. The van der Waals surface area contributed by atoms with Gasteiger partial charge >= 0.3 is 5.97 Å². The summed E-state index contributed by atoms with van der Waals surface area (Å²) in [5.41, 5.74) is 6.49. The Kier molecular flexibility index (Phi) is 3.39. The van der Waals surface area contributed by atoms with E-state index in [1.54, 1.807) is 6.92 Å². The Labute approximate surface area is 106 Å². The average molecular weight is 251 g/mol. The molecule has 1 aromatic rings. The topological polar surface area (TPSA) is 63.3 Å². The molecule has 1 fully saturated rings. The van der Waals surface area contributed by atoms with E-state index in [1.807, 2.05) is 0 Å². The molecule has 0 saturated heterocycles. The number of aryl methyl sites for hydroxylation is 1. The van der Waals surface area contributed by atoms with Crippen molar-refractivity contribution < 1.29 is 14.3 Å². The molecule has 18 heavy (non-hydrogen) atoms. The van der Waals surface area contributed by atoms with Crippen LogP contribution in [0.2, 0.25) is 0 Å². The van der Waals surface area contributed by atoms with Crippen LogP contribution in [0.5, 0.6) is 0 Å². The fourth-order valence-corrected chi connectivity index (χ4v) is 2.74. The van der Waals surface area contributed by atoms with Gasteiger partial charge in [-0.1, -0.05) is 19.3 Å². The van der Waals surface area contributed by atoms with Gasteiger partial charge in [-0.15, -0.1) is 0 Å². The zero-order valence-electron chi connectivity index (χ0n) is 10.5. The Hall–Kier alpha value is -1.42. The van der Waals surface area contributed by atoms with Crippen LogP contribution in [0, 0.1) is 12.7 Å². The number of hydrogen-bond donors (Lipinski definition) is 2. The first kappa shape index (κ1) is 13.0. The van der Waals surface area contributed by atoms with Gasteiger partial charge in [0.2, 0.25) is 0 Å². The van der Waals surface area contributed by atoms with Crippen LogP contribution in [-0.2, 0) is 5.54 Å². The van der Waals surface area contributed by atoms with E-state index in [2.05, 4.69) is 0 Å². The molecule has 1 aliphatic carbocycles. The highest BCUT2D eigenvalue weighted by molar-refractivity contribution is 5.89. The van der Waals surface area contributed by atoms with Crippen molar-refractivity contribution in [2.75, 3.05) is 0 Å². The predicted molar refractivity (Wildman–Crippen MR) is 67.0 cm³/mol. The first-order valence-electron chi connectivity index (χ1n) is 6.27. The molecule has 1 saturated carbocycles. The molecule has 98 valence electrons. The molecule has 1 aliphatic rings. The second-order valence-electron chi connectivity index (χ2n) is 5.17. The molecule has 1 aromatic carbocycles. The smallest absolute Gasteiger partial charge is 0.335 e. The minimum Gasteiger partial charge on any atom is -0.478 e. The highest BCUT2D eigenvalue weighted by Gasteiger charge is 2.32. The molecule has 0 aromatic heterocycles. The third-order valence-corrected chi connectivity index (χ3v) is 3.83. The minimum absolute atomic E-state index is 0.141. The summed E-state index contributed by atoms with van der Waals surface area (Å²) in [5, 5.41) is 9.10. The highest BCUT2D eigenvalue weighted by atomic mass is 19.1. The molecule has 4 heteroatoms. The second-order valence-corrected chi connectivity index (χ2v) is 5.17. The highest BCUT2D eigenvalue weighted by Crippen LogP contribution is 2.36. The summed E-state index contributed by atoms with van der Waals surface area (Å²) in [6.07, 6.45) is 4.47. The standard InChI is InChI=1S/C14H18FNO2/c1-9-7-12(15)11(8-10(9)13(17)18)14(16)5-3-2-4-6-14/h7-8H,2-6,16H2,1H3,(H,17,18). The lowest BCUT2D eigenvalue weighted by Crippen LogP contribution is -2.39. The van der Waals surface area contributed by atoms with Crippen molar-refractivity contribution in [3.63, 3.8) is 0 Å². The molecule has 0 atom stereocenters. The fourth-order valence-electron chi connectivity index (χ4n) is 2.74. The summed E-state index contributed by atoms with van der Waals surface area (Å²) in [6, 6.07) is 2.69. The molecular weight excluding hydrogens is 233 g/mol. The average Bonchev–Trinajstić information content (AvgIpc) is 2.29. The summed E-state index contributed by atoms with van der Waals surface area (Å²) in [4.78, 5) is 11.1. The predicted octanol–water partition coefficient (Wildman–Crippen LogP) is 2.95. The van der Waals surface area contributed by atoms with Crippen LogP contribution in [-0.4, -0.2) is 11.1 Å². The number of carboxylic acids is 1. The summed E-state index contributed by atoms with van der Waals surface area (Å²) in [6.45, 7) is 1.60. The molecule has 0 unspecified atom stereocenters. The number of aromatic carboxylic acids is 1. The first-order chi connectivity index (χ1) is 8.44. The Morgan fingerprint density at radius 1 is 1.33 bits per heavy atom. The van der Waals surface area contributed by atoms with Crippen LogP contribution in [0.3, 0.4) is 0 Å². The van der Waals surface area contributed by atoms with Crippen LogP contribution < -0.4 is 5.73 Å². The van der Waals surface area contributed by atoms with Crippen molar-refractivity contribution in [2.45, 2.75) is 44.6 Å². The van der Waals surface area contributed by atoms with Gasteiger partial charge in [0.05, 0.1) is 5.56 Å². The van der Waals surface area contributed by atoms with E-state index < -0.39 is 11.5 Å². The number of hydrogen-bond acceptors (Lipinski definition) is 2. The molecule has 0 bridgehead atoms. The van der Waals surface area contributed by atoms with Crippen LogP contribution in [0.1, 0.15) is 53.6 Å². The summed E-state index contributed by atoms with van der Waals surface area (Å²) < 4.78 is 14.1. The van der Waals surface area contributed by atoms with Crippen LogP contribution in [0.4, 0.5) is 4.39 Å². The van der Waals surface area contributed by atoms with E-state index in [9.17, 15) is 9.18 Å². The van der Waals surface area contributed by atoms with E-state index in [1.165, 1.54) is 12.1 Å². The van der Waals surface area contributed by atoms with Crippen LogP contribution in [0.15, 0.2) is 12.1 Å². The number of carboxylic acid groups (broad SMARTS) is 1. The lowest BCUT2D eigenvalue weighted by atomic mass is 9.76. The van der Waals surface area contributed by atoms with E-state index >= 15 is 0 Å². The van der Waals surface area contributed by atoms with Gasteiger partial charge in [0.25, 0.3) is 0 Å². The Bertz CT molecular complexity index is 479. The van der Waals surface area contributed by atoms with Gasteiger partial charge in [-0.2, -0.15) is 0 Å².